The Hall–Kier alpha value is -2.42. The zero-order valence-electron chi connectivity index (χ0n) is 18.7. The van der Waals surface area contributed by atoms with E-state index in [1.54, 1.807) is 51.3 Å². The topological polar surface area (TPSA) is 87.7 Å². The molecule has 0 aliphatic carbocycles. The SMILES string of the molecule is COC1CCN(C(=O)c2ccc(NC(=O)C(C)(C)NC(=O)c3ccc(Cl)s3)cc2C)CC1. The van der Waals surface area contributed by atoms with Gasteiger partial charge >= 0.3 is 0 Å². The summed E-state index contributed by atoms with van der Waals surface area (Å²) >= 11 is 7.03. The molecule has 1 saturated heterocycles. The smallest absolute Gasteiger partial charge is 0.262 e. The van der Waals surface area contributed by atoms with E-state index in [9.17, 15) is 14.4 Å². The Morgan fingerprint density at radius 1 is 1.16 bits per heavy atom. The van der Waals surface area contributed by atoms with Crippen LogP contribution in [-0.4, -0.2) is 54.5 Å². The van der Waals surface area contributed by atoms with Crippen LogP contribution in [0.4, 0.5) is 5.69 Å². The summed E-state index contributed by atoms with van der Waals surface area (Å²) in [7, 11) is 1.70. The molecule has 0 unspecified atom stereocenters. The van der Waals surface area contributed by atoms with Gasteiger partial charge in [-0.25, -0.2) is 0 Å². The molecule has 1 aromatic carbocycles. The number of amides is 3. The highest BCUT2D eigenvalue weighted by atomic mass is 35.5. The van der Waals surface area contributed by atoms with Crippen LogP contribution in [0.5, 0.6) is 0 Å². The van der Waals surface area contributed by atoms with Gasteiger partial charge in [-0.3, -0.25) is 14.4 Å². The van der Waals surface area contributed by atoms with Crippen molar-refractivity contribution in [3.8, 4) is 0 Å². The van der Waals surface area contributed by atoms with Crippen molar-refractivity contribution in [3.63, 3.8) is 0 Å². The van der Waals surface area contributed by atoms with Crippen molar-refractivity contribution in [2.45, 2.75) is 45.3 Å². The predicted octanol–water partition coefficient (Wildman–Crippen LogP) is 4.11. The molecule has 0 spiro atoms. The number of likely N-dealkylation sites (tertiary alicyclic amines) is 1. The van der Waals surface area contributed by atoms with Gasteiger partial charge in [-0.2, -0.15) is 0 Å². The number of ether oxygens (including phenoxy) is 1. The first kappa shape index (κ1) is 24.2. The molecule has 1 aliphatic rings. The summed E-state index contributed by atoms with van der Waals surface area (Å²) in [5.74, 6) is -0.748. The second-order valence-corrected chi connectivity index (χ2v) is 10.1. The zero-order chi connectivity index (χ0) is 23.5. The molecule has 0 bridgehead atoms. The fraction of sp³-hybridized carbons (Fsp3) is 0.435. The predicted molar refractivity (Wildman–Crippen MR) is 127 cm³/mol. The van der Waals surface area contributed by atoms with E-state index in [2.05, 4.69) is 10.6 Å². The first-order valence-electron chi connectivity index (χ1n) is 10.4. The molecule has 2 N–H and O–H groups in total. The molecule has 0 atom stereocenters. The fourth-order valence-electron chi connectivity index (χ4n) is 3.57. The normalized spacial score (nSPS) is 14.8. The molecule has 2 aromatic rings. The van der Waals surface area contributed by atoms with Gasteiger partial charge in [0.1, 0.15) is 5.54 Å². The number of anilines is 1. The lowest BCUT2D eigenvalue weighted by molar-refractivity contribution is -0.120. The summed E-state index contributed by atoms with van der Waals surface area (Å²) < 4.78 is 5.87. The highest BCUT2D eigenvalue weighted by Gasteiger charge is 2.31. The Morgan fingerprint density at radius 3 is 2.41 bits per heavy atom. The van der Waals surface area contributed by atoms with Crippen molar-refractivity contribution in [1.29, 1.82) is 0 Å². The van der Waals surface area contributed by atoms with Crippen molar-refractivity contribution < 1.29 is 19.1 Å². The largest absolute Gasteiger partial charge is 0.381 e. The first-order chi connectivity index (χ1) is 15.1. The number of hydrogen-bond donors (Lipinski definition) is 2. The molecule has 3 amide bonds. The van der Waals surface area contributed by atoms with E-state index in [-0.39, 0.29) is 23.8 Å². The summed E-state index contributed by atoms with van der Waals surface area (Å²) in [5, 5.41) is 5.56. The number of nitrogens with zero attached hydrogens (tertiary/aromatic N) is 1. The van der Waals surface area contributed by atoms with E-state index in [0.717, 1.165) is 29.7 Å². The van der Waals surface area contributed by atoms with Crippen molar-refractivity contribution in [3.05, 3.63) is 50.7 Å². The van der Waals surface area contributed by atoms with Crippen LogP contribution in [0.1, 0.15) is 52.3 Å². The number of halogens is 1. The van der Waals surface area contributed by atoms with Gasteiger partial charge in [0.25, 0.3) is 11.8 Å². The van der Waals surface area contributed by atoms with Gasteiger partial charge in [0.15, 0.2) is 0 Å². The van der Waals surface area contributed by atoms with Crippen LogP contribution in [0.25, 0.3) is 0 Å². The van der Waals surface area contributed by atoms with Gasteiger partial charge in [0, 0.05) is 31.5 Å². The van der Waals surface area contributed by atoms with Crippen LogP contribution in [0.2, 0.25) is 4.34 Å². The summed E-state index contributed by atoms with van der Waals surface area (Å²) in [5.41, 5.74) is 0.795. The Morgan fingerprint density at radius 2 is 1.84 bits per heavy atom. The third kappa shape index (κ3) is 5.68. The first-order valence-corrected chi connectivity index (χ1v) is 11.6. The minimum absolute atomic E-state index is 0.0165. The molecule has 3 rings (SSSR count). The quantitative estimate of drug-likeness (QED) is 0.655. The zero-order valence-corrected chi connectivity index (χ0v) is 20.2. The number of benzene rings is 1. The van der Waals surface area contributed by atoms with Crippen molar-refractivity contribution >= 4 is 46.3 Å². The highest BCUT2D eigenvalue weighted by molar-refractivity contribution is 7.18. The number of carbonyl (C=O) groups excluding carboxylic acids is 3. The Balaban J connectivity index is 1.63. The number of rotatable bonds is 6. The van der Waals surface area contributed by atoms with Crippen molar-refractivity contribution in [2.24, 2.45) is 0 Å². The van der Waals surface area contributed by atoms with Gasteiger partial charge < -0.3 is 20.3 Å². The summed E-state index contributed by atoms with van der Waals surface area (Å²) in [6.45, 7) is 6.43. The van der Waals surface area contributed by atoms with Gasteiger partial charge in [0.05, 0.1) is 15.3 Å². The number of thiophene rings is 1. The van der Waals surface area contributed by atoms with Crippen LogP contribution < -0.4 is 10.6 Å². The molecule has 1 fully saturated rings. The minimum Gasteiger partial charge on any atom is -0.381 e. The monoisotopic (exact) mass is 477 g/mol. The number of piperidine rings is 1. The van der Waals surface area contributed by atoms with Crippen molar-refractivity contribution in [2.75, 3.05) is 25.5 Å². The van der Waals surface area contributed by atoms with E-state index in [4.69, 9.17) is 16.3 Å². The average Bonchev–Trinajstić information content (AvgIpc) is 3.19. The number of hydrogen-bond acceptors (Lipinski definition) is 5. The van der Waals surface area contributed by atoms with Gasteiger partial charge in [-0.1, -0.05) is 11.6 Å². The van der Waals surface area contributed by atoms with Gasteiger partial charge in [-0.15, -0.1) is 11.3 Å². The highest BCUT2D eigenvalue weighted by Crippen LogP contribution is 2.23. The third-order valence-corrected chi connectivity index (χ3v) is 6.80. The van der Waals surface area contributed by atoms with Crippen molar-refractivity contribution in [1.82, 2.24) is 10.2 Å². The Bertz CT molecular complexity index is 1010. The maximum absolute atomic E-state index is 12.9. The molecule has 7 nitrogen and oxygen atoms in total. The maximum Gasteiger partial charge on any atom is 0.262 e. The Labute approximate surface area is 197 Å². The van der Waals surface area contributed by atoms with Crippen LogP contribution in [0.3, 0.4) is 0 Å². The second kappa shape index (κ2) is 10.0. The lowest BCUT2D eigenvalue weighted by Gasteiger charge is -2.31. The number of nitrogens with one attached hydrogen (secondary N) is 2. The van der Waals surface area contributed by atoms with Gasteiger partial charge in [0.2, 0.25) is 5.91 Å². The van der Waals surface area contributed by atoms with Crippen LogP contribution in [-0.2, 0) is 9.53 Å². The molecular formula is C23H28ClN3O4S. The van der Waals surface area contributed by atoms with Crippen LogP contribution in [0, 0.1) is 6.92 Å². The molecule has 172 valence electrons. The molecule has 1 aromatic heterocycles. The average molecular weight is 478 g/mol. The summed E-state index contributed by atoms with van der Waals surface area (Å²) in [6.07, 6.45) is 1.86. The van der Waals surface area contributed by atoms with Crippen LogP contribution in [0.15, 0.2) is 30.3 Å². The number of carbonyl (C=O) groups is 3. The molecule has 1 aliphatic heterocycles. The maximum atomic E-state index is 12.9. The molecule has 9 heteroatoms. The summed E-state index contributed by atoms with van der Waals surface area (Å²) in [4.78, 5) is 40.4. The summed E-state index contributed by atoms with van der Waals surface area (Å²) in [6, 6.07) is 8.46. The van der Waals surface area contributed by atoms with E-state index in [1.165, 1.54) is 0 Å². The molecule has 0 radical (unpaired) electrons. The fourth-order valence-corrected chi connectivity index (χ4v) is 4.51. The third-order valence-electron chi connectivity index (χ3n) is 5.57. The second-order valence-electron chi connectivity index (χ2n) is 8.39. The molecule has 2 heterocycles. The molecule has 0 saturated carbocycles. The standard InChI is InChI=1S/C23H28ClN3O4S/c1-14-13-15(5-6-17(14)21(29)27-11-9-16(31-4)10-12-27)25-22(30)23(2,3)26-20(28)18-7-8-19(24)32-18/h5-8,13,16H,9-12H2,1-4H3,(H,25,30)(H,26,28). The van der Waals surface area contributed by atoms with E-state index >= 15 is 0 Å². The lowest BCUT2D eigenvalue weighted by Crippen LogP contribution is -2.52. The van der Waals surface area contributed by atoms with E-state index in [1.807, 2.05) is 11.8 Å². The van der Waals surface area contributed by atoms with Gasteiger partial charge in [-0.05, 0) is 69.5 Å². The Kier molecular flexibility index (Phi) is 7.59. The lowest BCUT2D eigenvalue weighted by atomic mass is 10.0. The minimum atomic E-state index is -1.15. The number of methoxy groups -OCH3 is 1. The molecule has 32 heavy (non-hydrogen) atoms. The number of aryl methyl sites for hydroxylation is 1. The van der Waals surface area contributed by atoms with E-state index in [0.29, 0.717) is 33.6 Å². The molecular weight excluding hydrogens is 450 g/mol. The van der Waals surface area contributed by atoms with E-state index < -0.39 is 5.54 Å². The van der Waals surface area contributed by atoms with Crippen LogP contribution >= 0.6 is 22.9 Å².